The summed E-state index contributed by atoms with van der Waals surface area (Å²) in [6.45, 7) is 1.82. The largest absolute Gasteiger partial charge is 0.382 e. The zero-order valence-corrected chi connectivity index (χ0v) is 11.4. The molecule has 1 aromatic heterocycles. The van der Waals surface area contributed by atoms with E-state index >= 15 is 0 Å². The molecule has 17 heavy (non-hydrogen) atoms. The third-order valence-corrected chi connectivity index (χ3v) is 4.07. The van der Waals surface area contributed by atoms with Crippen molar-refractivity contribution in [1.82, 2.24) is 0 Å². The summed E-state index contributed by atoms with van der Waals surface area (Å²) >= 11 is 7.81. The van der Waals surface area contributed by atoms with Gasteiger partial charge in [0, 0.05) is 12.0 Å². The highest BCUT2D eigenvalue weighted by molar-refractivity contribution is 7.09. The fourth-order valence-electron chi connectivity index (χ4n) is 1.75. The van der Waals surface area contributed by atoms with E-state index in [1.165, 1.54) is 4.88 Å². The summed E-state index contributed by atoms with van der Waals surface area (Å²) in [4.78, 5) is 1.23. The van der Waals surface area contributed by atoms with Gasteiger partial charge in [-0.3, -0.25) is 0 Å². The zero-order chi connectivity index (χ0) is 12.1. The van der Waals surface area contributed by atoms with Crippen molar-refractivity contribution in [1.29, 1.82) is 0 Å². The molecule has 0 radical (unpaired) electrons. The lowest BCUT2D eigenvalue weighted by Crippen LogP contribution is -2.51. The summed E-state index contributed by atoms with van der Waals surface area (Å²) < 4.78 is 16.4. The maximum atomic E-state index is 6.11. The minimum atomic E-state index is 0.00628. The summed E-state index contributed by atoms with van der Waals surface area (Å²) in [5, 5.41) is 2.12. The van der Waals surface area contributed by atoms with E-state index < -0.39 is 0 Å². The first-order valence-corrected chi connectivity index (χ1v) is 7.01. The van der Waals surface area contributed by atoms with Crippen LogP contribution in [0.1, 0.15) is 11.3 Å². The molecule has 3 nitrogen and oxygen atoms in total. The minimum absolute atomic E-state index is 0.00628. The van der Waals surface area contributed by atoms with Crippen molar-refractivity contribution in [3.63, 3.8) is 0 Å². The third-order valence-electron chi connectivity index (χ3n) is 2.80. The van der Waals surface area contributed by atoms with Crippen LogP contribution >= 0.6 is 22.9 Å². The van der Waals surface area contributed by atoms with Gasteiger partial charge in [0.25, 0.3) is 0 Å². The van der Waals surface area contributed by atoms with E-state index in [2.05, 4.69) is 11.4 Å². The lowest BCUT2D eigenvalue weighted by atomic mass is 9.91. The normalized spacial score (nSPS) is 28.0. The highest BCUT2D eigenvalue weighted by Crippen LogP contribution is 2.32. The van der Waals surface area contributed by atoms with Crippen molar-refractivity contribution >= 4 is 22.9 Å². The predicted molar refractivity (Wildman–Crippen MR) is 68.8 cm³/mol. The Morgan fingerprint density at radius 3 is 2.94 bits per heavy atom. The lowest BCUT2D eigenvalue weighted by Gasteiger charge is -2.40. The number of hydrogen-bond acceptors (Lipinski definition) is 4. The standard InChI is InChI=1S/C12H17ClO3S/c1-14-4-5-15-12-10(13)7-11(12)16-8-9-3-2-6-17-9/h2-3,6,10-12H,4-5,7-8H2,1H3. The summed E-state index contributed by atoms with van der Waals surface area (Å²) in [6.07, 6.45) is 0.994. The van der Waals surface area contributed by atoms with Crippen molar-refractivity contribution in [2.75, 3.05) is 20.3 Å². The van der Waals surface area contributed by atoms with Crippen LogP contribution in [0.15, 0.2) is 17.5 Å². The smallest absolute Gasteiger partial charge is 0.100 e. The fourth-order valence-corrected chi connectivity index (χ4v) is 2.79. The van der Waals surface area contributed by atoms with Crippen LogP contribution in [0.3, 0.4) is 0 Å². The van der Waals surface area contributed by atoms with Crippen LogP contribution in [0.4, 0.5) is 0 Å². The van der Waals surface area contributed by atoms with E-state index in [-0.39, 0.29) is 17.6 Å². The average molecular weight is 277 g/mol. The van der Waals surface area contributed by atoms with Crippen LogP contribution in [0, 0.1) is 0 Å². The molecule has 1 aromatic rings. The minimum Gasteiger partial charge on any atom is -0.382 e. The maximum absolute atomic E-state index is 6.11. The molecule has 1 aliphatic rings. The maximum Gasteiger partial charge on any atom is 0.100 e. The molecule has 3 atom stereocenters. The van der Waals surface area contributed by atoms with E-state index in [0.29, 0.717) is 19.8 Å². The Morgan fingerprint density at radius 2 is 2.29 bits per heavy atom. The van der Waals surface area contributed by atoms with Crippen LogP contribution in [-0.2, 0) is 20.8 Å². The molecule has 5 heteroatoms. The van der Waals surface area contributed by atoms with Crippen LogP contribution in [0.2, 0.25) is 0 Å². The van der Waals surface area contributed by atoms with Gasteiger partial charge in [0.15, 0.2) is 0 Å². The molecule has 1 saturated carbocycles. The SMILES string of the molecule is COCCOC1C(Cl)CC1OCc1cccs1. The first-order chi connectivity index (χ1) is 8.31. The number of methoxy groups -OCH3 is 1. The molecule has 1 fully saturated rings. The Bertz CT molecular complexity index is 318. The van der Waals surface area contributed by atoms with Crippen molar-refractivity contribution in [3.8, 4) is 0 Å². The van der Waals surface area contributed by atoms with Crippen molar-refractivity contribution in [3.05, 3.63) is 22.4 Å². The van der Waals surface area contributed by atoms with Gasteiger partial charge in [0.05, 0.1) is 31.3 Å². The Labute approximate surface area is 111 Å². The highest BCUT2D eigenvalue weighted by atomic mass is 35.5. The fraction of sp³-hybridized carbons (Fsp3) is 0.667. The molecule has 3 unspecified atom stereocenters. The Hall–Kier alpha value is -0.130. The molecule has 1 aliphatic carbocycles. The first kappa shape index (κ1) is 13.3. The molecule has 0 saturated heterocycles. The second-order valence-electron chi connectivity index (χ2n) is 4.01. The number of hydrogen-bond donors (Lipinski definition) is 0. The van der Waals surface area contributed by atoms with Gasteiger partial charge in [-0.05, 0) is 17.9 Å². The zero-order valence-electron chi connectivity index (χ0n) is 9.80. The number of alkyl halides is 1. The molecular formula is C12H17ClO3S. The first-order valence-electron chi connectivity index (χ1n) is 5.70. The van der Waals surface area contributed by atoms with E-state index in [4.69, 9.17) is 25.8 Å². The number of halogens is 1. The monoisotopic (exact) mass is 276 g/mol. The van der Waals surface area contributed by atoms with Gasteiger partial charge in [-0.15, -0.1) is 22.9 Å². The van der Waals surface area contributed by atoms with Gasteiger partial charge < -0.3 is 14.2 Å². The van der Waals surface area contributed by atoms with E-state index in [1.54, 1.807) is 18.4 Å². The Morgan fingerprint density at radius 1 is 1.41 bits per heavy atom. The van der Waals surface area contributed by atoms with Crippen LogP contribution in [0.25, 0.3) is 0 Å². The van der Waals surface area contributed by atoms with Crippen molar-refractivity contribution < 1.29 is 14.2 Å². The summed E-state index contributed by atoms with van der Waals surface area (Å²) in [6, 6.07) is 4.10. The van der Waals surface area contributed by atoms with Gasteiger partial charge in [0.2, 0.25) is 0 Å². The average Bonchev–Trinajstić information content (AvgIpc) is 2.83. The molecule has 2 rings (SSSR count). The van der Waals surface area contributed by atoms with E-state index in [9.17, 15) is 0 Å². The summed E-state index contributed by atoms with van der Waals surface area (Å²) in [7, 11) is 1.66. The second-order valence-corrected chi connectivity index (χ2v) is 5.60. The number of rotatable bonds is 7. The predicted octanol–water partition coefficient (Wildman–Crippen LogP) is 2.68. The van der Waals surface area contributed by atoms with Gasteiger partial charge >= 0.3 is 0 Å². The van der Waals surface area contributed by atoms with Crippen molar-refractivity contribution in [2.24, 2.45) is 0 Å². The molecule has 0 N–H and O–H groups in total. The van der Waals surface area contributed by atoms with Crippen LogP contribution < -0.4 is 0 Å². The van der Waals surface area contributed by atoms with Crippen LogP contribution in [0.5, 0.6) is 0 Å². The van der Waals surface area contributed by atoms with E-state index in [0.717, 1.165) is 6.42 Å². The number of thiophene rings is 1. The van der Waals surface area contributed by atoms with Crippen LogP contribution in [-0.4, -0.2) is 37.9 Å². The van der Waals surface area contributed by atoms with Gasteiger partial charge in [-0.25, -0.2) is 0 Å². The molecule has 96 valence electrons. The molecule has 0 aromatic carbocycles. The highest BCUT2D eigenvalue weighted by Gasteiger charge is 2.41. The van der Waals surface area contributed by atoms with Gasteiger partial charge in [0.1, 0.15) is 6.10 Å². The quantitative estimate of drug-likeness (QED) is 0.566. The number of ether oxygens (including phenoxy) is 3. The summed E-state index contributed by atoms with van der Waals surface area (Å²) in [5.41, 5.74) is 0. The molecule has 1 heterocycles. The Balaban J connectivity index is 1.69. The molecule has 0 spiro atoms. The third kappa shape index (κ3) is 3.66. The topological polar surface area (TPSA) is 27.7 Å². The molecular weight excluding hydrogens is 260 g/mol. The van der Waals surface area contributed by atoms with Gasteiger partial charge in [-0.1, -0.05) is 6.07 Å². The lowest BCUT2D eigenvalue weighted by molar-refractivity contribution is -0.134. The summed E-state index contributed by atoms with van der Waals surface area (Å²) in [5.74, 6) is 0. The van der Waals surface area contributed by atoms with Crippen molar-refractivity contribution in [2.45, 2.75) is 30.6 Å². The Kier molecular flexibility index (Phi) is 5.25. The van der Waals surface area contributed by atoms with Gasteiger partial charge in [-0.2, -0.15) is 0 Å². The molecule has 0 aliphatic heterocycles. The second kappa shape index (κ2) is 6.71. The molecule has 0 amide bonds. The van der Waals surface area contributed by atoms with E-state index in [1.807, 2.05) is 6.07 Å². The molecule has 0 bridgehead atoms.